The number of hydrogen-bond donors (Lipinski definition) is 1. The maximum atomic E-state index is 12.3. The maximum Gasteiger partial charge on any atom is 0.262 e. The van der Waals surface area contributed by atoms with Crippen molar-refractivity contribution in [3.8, 4) is 5.75 Å². The number of amides is 1. The summed E-state index contributed by atoms with van der Waals surface area (Å²) in [5, 5.41) is 2.93. The van der Waals surface area contributed by atoms with Gasteiger partial charge < -0.3 is 15.0 Å². The van der Waals surface area contributed by atoms with E-state index in [1.165, 1.54) is 11.1 Å². The van der Waals surface area contributed by atoms with Crippen molar-refractivity contribution in [2.24, 2.45) is 0 Å². The molecule has 0 saturated heterocycles. The zero-order chi connectivity index (χ0) is 16.9. The van der Waals surface area contributed by atoms with Gasteiger partial charge in [-0.25, -0.2) is 0 Å². The standard InChI is InChI=1S/C20H24N2O2/c1-3-12-21-20(23)19-14-22(13-16-10-8-15(2)9-11-16)17-6-4-5-7-18(17)24-19/h4-11,19H,3,12-14H2,1-2H3,(H,21,23)/t19-/m1/s1. The van der Waals surface area contributed by atoms with Gasteiger partial charge in [0.05, 0.1) is 12.2 Å². The molecule has 4 nitrogen and oxygen atoms in total. The first-order chi connectivity index (χ1) is 11.7. The number of nitrogens with zero attached hydrogens (tertiary/aromatic N) is 1. The van der Waals surface area contributed by atoms with Crippen LogP contribution in [0.15, 0.2) is 48.5 Å². The molecule has 2 aromatic carbocycles. The van der Waals surface area contributed by atoms with Gasteiger partial charge in [0.15, 0.2) is 6.10 Å². The van der Waals surface area contributed by atoms with E-state index in [2.05, 4.69) is 41.4 Å². The number of fused-ring (bicyclic) bond motifs is 1. The Morgan fingerprint density at radius 2 is 1.96 bits per heavy atom. The van der Waals surface area contributed by atoms with Gasteiger partial charge in [0.2, 0.25) is 0 Å². The zero-order valence-corrected chi connectivity index (χ0v) is 14.3. The molecule has 1 N–H and O–H groups in total. The molecular formula is C20H24N2O2. The summed E-state index contributed by atoms with van der Waals surface area (Å²) < 4.78 is 5.92. The van der Waals surface area contributed by atoms with E-state index in [-0.39, 0.29) is 5.91 Å². The van der Waals surface area contributed by atoms with Crippen molar-refractivity contribution in [3.05, 3.63) is 59.7 Å². The van der Waals surface area contributed by atoms with Gasteiger partial charge >= 0.3 is 0 Å². The van der Waals surface area contributed by atoms with Crippen LogP contribution in [-0.4, -0.2) is 25.1 Å². The molecule has 1 heterocycles. The molecule has 4 heteroatoms. The Morgan fingerprint density at radius 1 is 1.21 bits per heavy atom. The summed E-state index contributed by atoms with van der Waals surface area (Å²) in [5.41, 5.74) is 3.51. The third-order valence-electron chi connectivity index (χ3n) is 4.20. The maximum absolute atomic E-state index is 12.3. The second-order valence-corrected chi connectivity index (χ2v) is 6.23. The van der Waals surface area contributed by atoms with Gasteiger partial charge in [-0.1, -0.05) is 48.9 Å². The second kappa shape index (κ2) is 7.39. The van der Waals surface area contributed by atoms with E-state index >= 15 is 0 Å². The molecule has 1 amide bonds. The summed E-state index contributed by atoms with van der Waals surface area (Å²) in [7, 11) is 0. The highest BCUT2D eigenvalue weighted by Gasteiger charge is 2.30. The quantitative estimate of drug-likeness (QED) is 0.917. The largest absolute Gasteiger partial charge is 0.477 e. The summed E-state index contributed by atoms with van der Waals surface area (Å²) >= 11 is 0. The van der Waals surface area contributed by atoms with Gasteiger partial charge in [0.1, 0.15) is 5.75 Å². The van der Waals surface area contributed by atoms with E-state index < -0.39 is 6.10 Å². The molecule has 2 aromatic rings. The highest BCUT2D eigenvalue weighted by molar-refractivity contribution is 5.83. The van der Waals surface area contributed by atoms with Crippen molar-refractivity contribution in [1.82, 2.24) is 5.32 Å². The van der Waals surface area contributed by atoms with Gasteiger partial charge in [-0.15, -0.1) is 0 Å². The number of carbonyl (C=O) groups excluding carboxylic acids is 1. The molecular weight excluding hydrogens is 300 g/mol. The van der Waals surface area contributed by atoms with E-state index in [0.29, 0.717) is 13.1 Å². The highest BCUT2D eigenvalue weighted by atomic mass is 16.5. The van der Waals surface area contributed by atoms with Crippen LogP contribution in [-0.2, 0) is 11.3 Å². The number of benzene rings is 2. The molecule has 1 aliphatic rings. The fourth-order valence-electron chi connectivity index (χ4n) is 2.87. The molecule has 0 bridgehead atoms. The summed E-state index contributed by atoms with van der Waals surface area (Å²) in [6.45, 7) is 6.12. The number of carbonyl (C=O) groups is 1. The normalized spacial score (nSPS) is 16.2. The van der Waals surface area contributed by atoms with Gasteiger partial charge in [-0.05, 0) is 31.0 Å². The lowest BCUT2D eigenvalue weighted by atomic mass is 10.1. The first-order valence-electron chi connectivity index (χ1n) is 8.51. The minimum absolute atomic E-state index is 0.0414. The highest BCUT2D eigenvalue weighted by Crippen LogP contribution is 2.34. The van der Waals surface area contributed by atoms with Crippen LogP contribution in [0.1, 0.15) is 24.5 Å². The van der Waals surface area contributed by atoms with Crippen molar-refractivity contribution < 1.29 is 9.53 Å². The molecule has 126 valence electrons. The van der Waals surface area contributed by atoms with Crippen molar-refractivity contribution in [2.75, 3.05) is 18.0 Å². The smallest absolute Gasteiger partial charge is 0.262 e. The summed E-state index contributed by atoms with van der Waals surface area (Å²) in [4.78, 5) is 14.6. The van der Waals surface area contributed by atoms with Crippen LogP contribution in [0.2, 0.25) is 0 Å². The number of ether oxygens (including phenoxy) is 1. The van der Waals surface area contributed by atoms with Crippen molar-refractivity contribution >= 4 is 11.6 Å². The Kier molecular flexibility index (Phi) is 5.04. The van der Waals surface area contributed by atoms with E-state index in [1.54, 1.807) is 0 Å². The molecule has 0 saturated carbocycles. The summed E-state index contributed by atoms with van der Waals surface area (Å²) in [6, 6.07) is 16.4. The van der Waals surface area contributed by atoms with Crippen molar-refractivity contribution in [1.29, 1.82) is 0 Å². The van der Waals surface area contributed by atoms with Gasteiger partial charge in [0.25, 0.3) is 5.91 Å². The predicted molar refractivity (Wildman–Crippen MR) is 96.4 cm³/mol. The van der Waals surface area contributed by atoms with Gasteiger partial charge in [0, 0.05) is 13.1 Å². The Balaban J connectivity index is 1.81. The monoisotopic (exact) mass is 324 g/mol. The Hall–Kier alpha value is -2.49. The molecule has 1 atom stereocenters. The topological polar surface area (TPSA) is 41.6 Å². The summed E-state index contributed by atoms with van der Waals surface area (Å²) in [5.74, 6) is 0.729. The minimum Gasteiger partial charge on any atom is -0.477 e. The van der Waals surface area contributed by atoms with Crippen molar-refractivity contribution in [2.45, 2.75) is 32.9 Å². The molecule has 0 radical (unpaired) electrons. The first kappa shape index (κ1) is 16.4. The summed E-state index contributed by atoms with van der Waals surface area (Å²) in [6.07, 6.45) is 0.444. The molecule has 0 unspecified atom stereocenters. The van der Waals surface area contributed by atoms with Crippen LogP contribution in [0, 0.1) is 6.92 Å². The van der Waals surface area contributed by atoms with E-state index in [0.717, 1.165) is 24.4 Å². The number of nitrogens with one attached hydrogen (secondary N) is 1. The van der Waals surface area contributed by atoms with E-state index in [9.17, 15) is 4.79 Å². The molecule has 24 heavy (non-hydrogen) atoms. The lowest BCUT2D eigenvalue weighted by molar-refractivity contribution is -0.127. The molecule has 0 aliphatic carbocycles. The molecule has 0 spiro atoms. The number of hydrogen-bond acceptors (Lipinski definition) is 3. The average Bonchev–Trinajstić information content (AvgIpc) is 2.61. The SMILES string of the molecule is CCCNC(=O)[C@H]1CN(Cc2ccc(C)cc2)c2ccccc2O1. The predicted octanol–water partition coefficient (Wildman–Crippen LogP) is 3.29. The van der Waals surface area contributed by atoms with Crippen LogP contribution >= 0.6 is 0 Å². The van der Waals surface area contributed by atoms with Gasteiger partial charge in [-0.2, -0.15) is 0 Å². The minimum atomic E-state index is -0.475. The van der Waals surface area contributed by atoms with Crippen LogP contribution in [0.3, 0.4) is 0 Å². The van der Waals surface area contributed by atoms with E-state index in [1.807, 2.05) is 31.2 Å². The Bertz CT molecular complexity index is 697. The van der Waals surface area contributed by atoms with Crippen LogP contribution in [0.25, 0.3) is 0 Å². The number of aryl methyl sites for hydroxylation is 1. The molecule has 0 aromatic heterocycles. The lowest BCUT2D eigenvalue weighted by Gasteiger charge is -2.35. The molecule has 0 fully saturated rings. The number of anilines is 1. The third-order valence-corrected chi connectivity index (χ3v) is 4.20. The Labute approximate surface area is 143 Å². The Morgan fingerprint density at radius 3 is 2.71 bits per heavy atom. The first-order valence-corrected chi connectivity index (χ1v) is 8.51. The average molecular weight is 324 g/mol. The molecule has 1 aliphatic heterocycles. The third kappa shape index (κ3) is 3.70. The zero-order valence-electron chi connectivity index (χ0n) is 14.3. The fourth-order valence-corrected chi connectivity index (χ4v) is 2.87. The van der Waals surface area contributed by atoms with E-state index in [4.69, 9.17) is 4.74 Å². The number of rotatable bonds is 5. The lowest BCUT2D eigenvalue weighted by Crippen LogP contribution is -2.48. The van der Waals surface area contributed by atoms with Gasteiger partial charge in [-0.3, -0.25) is 4.79 Å². The van der Waals surface area contributed by atoms with Crippen LogP contribution in [0.5, 0.6) is 5.75 Å². The van der Waals surface area contributed by atoms with Crippen LogP contribution < -0.4 is 15.0 Å². The fraction of sp³-hybridized carbons (Fsp3) is 0.350. The van der Waals surface area contributed by atoms with Crippen molar-refractivity contribution in [3.63, 3.8) is 0 Å². The molecule has 3 rings (SSSR count). The second-order valence-electron chi connectivity index (χ2n) is 6.23. The number of para-hydroxylation sites is 2. The van der Waals surface area contributed by atoms with Crippen LogP contribution in [0.4, 0.5) is 5.69 Å².